The number of benzene rings is 2. The van der Waals surface area contributed by atoms with Crippen molar-refractivity contribution in [1.29, 1.82) is 0 Å². The SMILES string of the molecule is CC(=O)N(C)C1CCN(C(C)c2nc3cc(Cl)ccc3n2Cc2ccccc2)CC1. The quantitative estimate of drug-likeness (QED) is 0.593. The summed E-state index contributed by atoms with van der Waals surface area (Å²) in [5, 5.41) is 0.708. The fraction of sp³-hybridized carbons (Fsp3) is 0.417. The van der Waals surface area contributed by atoms with Crippen LogP contribution in [0.5, 0.6) is 0 Å². The predicted molar refractivity (Wildman–Crippen MR) is 122 cm³/mol. The van der Waals surface area contributed by atoms with Gasteiger partial charge in [0.1, 0.15) is 5.82 Å². The summed E-state index contributed by atoms with van der Waals surface area (Å²) in [6.07, 6.45) is 1.98. The summed E-state index contributed by atoms with van der Waals surface area (Å²) in [5.41, 5.74) is 3.30. The van der Waals surface area contributed by atoms with Crippen molar-refractivity contribution in [2.75, 3.05) is 20.1 Å². The molecule has 0 saturated carbocycles. The van der Waals surface area contributed by atoms with Gasteiger partial charge in [0.2, 0.25) is 5.91 Å². The molecule has 6 heteroatoms. The topological polar surface area (TPSA) is 41.4 Å². The van der Waals surface area contributed by atoms with Crippen LogP contribution in [0.4, 0.5) is 0 Å². The first-order chi connectivity index (χ1) is 14.4. The second-order valence-corrected chi connectivity index (χ2v) is 8.68. The van der Waals surface area contributed by atoms with Crippen LogP contribution in [-0.4, -0.2) is 51.4 Å². The molecule has 1 unspecified atom stereocenters. The molecule has 3 aromatic rings. The highest BCUT2D eigenvalue weighted by Crippen LogP contribution is 2.30. The molecule has 2 aromatic carbocycles. The monoisotopic (exact) mass is 424 g/mol. The van der Waals surface area contributed by atoms with Crippen molar-refractivity contribution in [3.05, 3.63) is 64.9 Å². The van der Waals surface area contributed by atoms with Crippen LogP contribution >= 0.6 is 11.6 Å². The van der Waals surface area contributed by atoms with Crippen LogP contribution in [0.2, 0.25) is 5.02 Å². The van der Waals surface area contributed by atoms with Gasteiger partial charge in [-0.2, -0.15) is 0 Å². The van der Waals surface area contributed by atoms with Crippen molar-refractivity contribution in [3.8, 4) is 0 Å². The number of piperidine rings is 1. The Morgan fingerprint density at radius 1 is 1.20 bits per heavy atom. The van der Waals surface area contributed by atoms with Crippen LogP contribution in [0.3, 0.4) is 0 Å². The standard InChI is InChI=1S/C24H29ClN4O/c1-17(28-13-11-21(12-14-28)27(3)18(2)30)24-26-22-15-20(25)9-10-23(22)29(24)16-19-7-5-4-6-8-19/h4-10,15,17,21H,11-14,16H2,1-3H3. The fourth-order valence-electron chi connectivity index (χ4n) is 4.45. The zero-order chi connectivity index (χ0) is 21.3. The molecule has 0 aliphatic carbocycles. The maximum absolute atomic E-state index is 11.7. The Hall–Kier alpha value is -2.37. The number of imidazole rings is 1. The molecule has 1 amide bonds. The van der Waals surface area contributed by atoms with E-state index in [1.54, 1.807) is 6.92 Å². The van der Waals surface area contributed by atoms with Crippen LogP contribution in [0.1, 0.15) is 44.1 Å². The van der Waals surface area contributed by atoms with E-state index in [9.17, 15) is 4.79 Å². The molecule has 5 nitrogen and oxygen atoms in total. The van der Waals surface area contributed by atoms with Crippen LogP contribution < -0.4 is 0 Å². The van der Waals surface area contributed by atoms with Crippen molar-refractivity contribution in [3.63, 3.8) is 0 Å². The average molecular weight is 425 g/mol. The van der Waals surface area contributed by atoms with E-state index in [2.05, 4.69) is 46.7 Å². The molecule has 0 spiro atoms. The first kappa shape index (κ1) is 20.9. The molecule has 0 N–H and O–H groups in total. The van der Waals surface area contributed by atoms with Crippen molar-refractivity contribution in [2.45, 2.75) is 45.3 Å². The highest BCUT2D eigenvalue weighted by Gasteiger charge is 2.29. The first-order valence-electron chi connectivity index (χ1n) is 10.6. The Labute approximate surface area is 183 Å². The van der Waals surface area contributed by atoms with Crippen LogP contribution in [0.15, 0.2) is 48.5 Å². The van der Waals surface area contributed by atoms with E-state index in [4.69, 9.17) is 16.6 Å². The summed E-state index contributed by atoms with van der Waals surface area (Å²) in [7, 11) is 1.91. The molecule has 4 rings (SSSR count). The van der Waals surface area contributed by atoms with E-state index in [1.807, 2.05) is 30.1 Å². The maximum Gasteiger partial charge on any atom is 0.219 e. The number of rotatable bonds is 5. The molecule has 1 atom stereocenters. The Bertz CT molecular complexity index is 1020. The second-order valence-electron chi connectivity index (χ2n) is 8.25. The van der Waals surface area contributed by atoms with E-state index < -0.39 is 0 Å². The molecular weight excluding hydrogens is 396 g/mol. The molecule has 1 aromatic heterocycles. The minimum Gasteiger partial charge on any atom is -0.343 e. The molecule has 1 aliphatic rings. The zero-order valence-corrected chi connectivity index (χ0v) is 18.6. The third-order valence-electron chi connectivity index (χ3n) is 6.39. The van der Waals surface area contributed by atoms with Gasteiger partial charge < -0.3 is 9.47 Å². The Kier molecular flexibility index (Phi) is 6.11. The Morgan fingerprint density at radius 3 is 2.57 bits per heavy atom. The van der Waals surface area contributed by atoms with Crippen molar-refractivity contribution in [2.24, 2.45) is 0 Å². The molecule has 0 radical (unpaired) electrons. The highest BCUT2D eigenvalue weighted by molar-refractivity contribution is 6.31. The lowest BCUT2D eigenvalue weighted by Crippen LogP contribution is -2.45. The molecule has 2 heterocycles. The van der Waals surface area contributed by atoms with Crippen LogP contribution in [0, 0.1) is 0 Å². The minimum atomic E-state index is 0.142. The molecular formula is C24H29ClN4O. The number of carbonyl (C=O) groups is 1. The summed E-state index contributed by atoms with van der Waals surface area (Å²) in [4.78, 5) is 21.1. The summed E-state index contributed by atoms with van der Waals surface area (Å²) in [6.45, 7) is 6.57. The third kappa shape index (κ3) is 4.23. The number of carbonyl (C=O) groups excluding carboxylic acids is 1. The number of amides is 1. The normalized spacial score (nSPS) is 16.7. The molecule has 1 fully saturated rings. The van der Waals surface area contributed by atoms with Gasteiger partial charge >= 0.3 is 0 Å². The van der Waals surface area contributed by atoms with E-state index in [1.165, 1.54) is 5.56 Å². The largest absolute Gasteiger partial charge is 0.343 e. The van der Waals surface area contributed by atoms with Gasteiger partial charge in [0, 0.05) is 44.7 Å². The zero-order valence-electron chi connectivity index (χ0n) is 17.9. The summed E-state index contributed by atoms with van der Waals surface area (Å²) >= 11 is 6.25. The van der Waals surface area contributed by atoms with Gasteiger partial charge in [0.05, 0.1) is 17.1 Å². The fourth-order valence-corrected chi connectivity index (χ4v) is 4.62. The van der Waals surface area contributed by atoms with E-state index in [0.717, 1.165) is 49.3 Å². The Morgan fingerprint density at radius 2 is 1.90 bits per heavy atom. The number of hydrogen-bond acceptors (Lipinski definition) is 3. The molecule has 30 heavy (non-hydrogen) atoms. The molecule has 0 bridgehead atoms. The number of halogens is 1. The van der Waals surface area contributed by atoms with Gasteiger partial charge in [-0.15, -0.1) is 0 Å². The number of fused-ring (bicyclic) bond motifs is 1. The van der Waals surface area contributed by atoms with Crippen LogP contribution in [0.25, 0.3) is 11.0 Å². The van der Waals surface area contributed by atoms with Gasteiger partial charge in [0.25, 0.3) is 0 Å². The summed E-state index contributed by atoms with van der Waals surface area (Å²) < 4.78 is 2.32. The van der Waals surface area contributed by atoms with Gasteiger partial charge in [-0.1, -0.05) is 41.9 Å². The average Bonchev–Trinajstić information content (AvgIpc) is 3.10. The van der Waals surface area contributed by atoms with Crippen molar-refractivity contribution >= 4 is 28.5 Å². The smallest absolute Gasteiger partial charge is 0.219 e. The lowest BCUT2D eigenvalue weighted by molar-refractivity contribution is -0.130. The van der Waals surface area contributed by atoms with E-state index in [-0.39, 0.29) is 11.9 Å². The van der Waals surface area contributed by atoms with Crippen molar-refractivity contribution in [1.82, 2.24) is 19.4 Å². The lowest BCUT2D eigenvalue weighted by atomic mass is 10.0. The van der Waals surface area contributed by atoms with E-state index in [0.29, 0.717) is 11.1 Å². The number of likely N-dealkylation sites (tertiary alicyclic amines) is 1. The van der Waals surface area contributed by atoms with Gasteiger partial charge in [0.15, 0.2) is 0 Å². The summed E-state index contributed by atoms with van der Waals surface area (Å²) in [5.74, 6) is 1.21. The van der Waals surface area contributed by atoms with Crippen molar-refractivity contribution < 1.29 is 4.79 Å². The number of nitrogens with zero attached hydrogens (tertiary/aromatic N) is 4. The van der Waals surface area contributed by atoms with Gasteiger partial charge in [-0.25, -0.2) is 4.98 Å². The number of aromatic nitrogens is 2. The molecule has 158 valence electrons. The first-order valence-corrected chi connectivity index (χ1v) is 11.0. The molecule has 1 aliphatic heterocycles. The van der Waals surface area contributed by atoms with Gasteiger partial charge in [-0.05, 0) is 43.5 Å². The predicted octanol–water partition coefficient (Wildman–Crippen LogP) is 4.74. The third-order valence-corrected chi connectivity index (χ3v) is 6.62. The lowest BCUT2D eigenvalue weighted by Gasteiger charge is -2.39. The summed E-state index contributed by atoms with van der Waals surface area (Å²) in [6, 6.07) is 17.0. The minimum absolute atomic E-state index is 0.142. The van der Waals surface area contributed by atoms with Crippen LogP contribution in [-0.2, 0) is 11.3 Å². The van der Waals surface area contributed by atoms with E-state index >= 15 is 0 Å². The Balaban J connectivity index is 1.61. The maximum atomic E-state index is 11.7. The second kappa shape index (κ2) is 8.78. The van der Waals surface area contributed by atoms with Gasteiger partial charge in [-0.3, -0.25) is 9.69 Å². The number of hydrogen-bond donors (Lipinski definition) is 0. The highest BCUT2D eigenvalue weighted by atomic mass is 35.5. The molecule has 1 saturated heterocycles.